The van der Waals surface area contributed by atoms with Gasteiger partial charge in [0, 0.05) is 45.9 Å². The predicted molar refractivity (Wildman–Crippen MR) is 113 cm³/mol. The number of hydrogen-bond donors (Lipinski definition) is 3. The van der Waals surface area contributed by atoms with Gasteiger partial charge in [-0.15, -0.1) is 0 Å². The molecule has 3 aromatic heterocycles. The van der Waals surface area contributed by atoms with Crippen LogP contribution in [0.3, 0.4) is 0 Å². The molecule has 3 aliphatic carbocycles. The molecule has 30 heavy (non-hydrogen) atoms. The Kier molecular flexibility index (Phi) is 3.44. The SMILES string of the molecule is Cc1ccc(-c2cc3c(cn2)CCc2c-3[nH]c(C3(C4(N)CC4)CC3)c2C(=O)O)cn1. The lowest BCUT2D eigenvalue weighted by atomic mass is 9.85. The topological polar surface area (TPSA) is 105 Å². The molecule has 6 rings (SSSR count). The van der Waals surface area contributed by atoms with Crippen LogP contribution < -0.4 is 5.73 Å². The van der Waals surface area contributed by atoms with Crippen molar-refractivity contribution in [3.63, 3.8) is 0 Å². The predicted octanol–water partition coefficient (Wildman–Crippen LogP) is 3.77. The van der Waals surface area contributed by atoms with E-state index in [-0.39, 0.29) is 11.0 Å². The number of aryl methyl sites for hydroxylation is 2. The van der Waals surface area contributed by atoms with E-state index in [0.717, 1.165) is 77.1 Å². The van der Waals surface area contributed by atoms with E-state index in [0.29, 0.717) is 12.0 Å². The Morgan fingerprint density at radius 2 is 1.93 bits per heavy atom. The summed E-state index contributed by atoms with van der Waals surface area (Å²) in [7, 11) is 0. The summed E-state index contributed by atoms with van der Waals surface area (Å²) >= 11 is 0. The van der Waals surface area contributed by atoms with Crippen LogP contribution in [0.15, 0.2) is 30.6 Å². The van der Waals surface area contributed by atoms with Crippen molar-refractivity contribution < 1.29 is 9.90 Å². The number of rotatable bonds is 4. The van der Waals surface area contributed by atoms with Crippen molar-refractivity contribution in [2.75, 3.05) is 0 Å². The zero-order chi connectivity index (χ0) is 20.7. The number of nitrogens with two attached hydrogens (primary N) is 1. The number of carbonyl (C=O) groups is 1. The molecule has 0 unspecified atom stereocenters. The third-order valence-electron chi connectivity index (χ3n) is 7.40. The Morgan fingerprint density at radius 1 is 1.13 bits per heavy atom. The lowest BCUT2D eigenvalue weighted by Gasteiger charge is -2.22. The normalized spacial score (nSPS) is 19.7. The van der Waals surface area contributed by atoms with Gasteiger partial charge in [0.2, 0.25) is 0 Å². The summed E-state index contributed by atoms with van der Waals surface area (Å²) in [5.41, 5.74) is 14.3. The van der Waals surface area contributed by atoms with E-state index >= 15 is 0 Å². The molecule has 3 aromatic rings. The zero-order valence-corrected chi connectivity index (χ0v) is 17.0. The Morgan fingerprint density at radius 3 is 2.57 bits per heavy atom. The quantitative estimate of drug-likeness (QED) is 0.618. The van der Waals surface area contributed by atoms with Gasteiger partial charge in [0.15, 0.2) is 0 Å². The van der Waals surface area contributed by atoms with Crippen LogP contribution in [0.2, 0.25) is 0 Å². The standard InChI is InChI=1S/C24H24N4O2/c1-13-2-3-15(12-26-13)18-10-17-14(11-27-18)4-5-16-19(22(29)30)21(28-20(16)17)23(6-7-23)24(25)8-9-24/h2-3,10-12,28H,4-9,25H2,1H3,(H,29,30). The number of fused-ring (bicyclic) bond motifs is 3. The summed E-state index contributed by atoms with van der Waals surface area (Å²) in [6.45, 7) is 1.96. The number of pyridine rings is 2. The Balaban J connectivity index is 1.52. The first-order valence-electron chi connectivity index (χ1n) is 10.6. The van der Waals surface area contributed by atoms with E-state index in [1.165, 1.54) is 0 Å². The fraction of sp³-hybridized carbons (Fsp3) is 0.375. The van der Waals surface area contributed by atoms with E-state index in [1.54, 1.807) is 0 Å². The van der Waals surface area contributed by atoms with Gasteiger partial charge in [-0.2, -0.15) is 0 Å². The van der Waals surface area contributed by atoms with Crippen LogP contribution in [0.5, 0.6) is 0 Å². The molecule has 0 bridgehead atoms. The van der Waals surface area contributed by atoms with Gasteiger partial charge < -0.3 is 15.8 Å². The molecule has 0 saturated heterocycles. The van der Waals surface area contributed by atoms with Crippen molar-refractivity contribution in [2.24, 2.45) is 5.73 Å². The number of hydrogen-bond acceptors (Lipinski definition) is 4. The van der Waals surface area contributed by atoms with Crippen LogP contribution >= 0.6 is 0 Å². The molecule has 0 aromatic carbocycles. The first kappa shape index (κ1) is 17.8. The van der Waals surface area contributed by atoms with Crippen LogP contribution in [0.1, 0.15) is 58.6 Å². The second-order valence-corrected chi connectivity index (χ2v) is 9.19. The number of carboxylic acids is 1. The highest BCUT2D eigenvalue weighted by Gasteiger charge is 2.66. The minimum absolute atomic E-state index is 0.199. The summed E-state index contributed by atoms with van der Waals surface area (Å²) in [6.07, 6.45) is 9.13. The van der Waals surface area contributed by atoms with Gasteiger partial charge >= 0.3 is 5.97 Å². The van der Waals surface area contributed by atoms with E-state index in [9.17, 15) is 9.90 Å². The highest BCUT2D eigenvalue weighted by molar-refractivity contribution is 5.95. The third-order valence-corrected chi connectivity index (χ3v) is 7.40. The molecule has 4 N–H and O–H groups in total. The van der Waals surface area contributed by atoms with Crippen molar-refractivity contribution in [1.29, 1.82) is 0 Å². The van der Waals surface area contributed by atoms with Gasteiger partial charge in [-0.25, -0.2) is 4.79 Å². The monoisotopic (exact) mass is 400 g/mol. The largest absolute Gasteiger partial charge is 0.478 e. The number of nitrogens with zero attached hydrogens (tertiary/aromatic N) is 2. The molecule has 6 nitrogen and oxygen atoms in total. The van der Waals surface area contributed by atoms with E-state index in [2.05, 4.69) is 21.0 Å². The Labute approximate surface area is 174 Å². The summed E-state index contributed by atoms with van der Waals surface area (Å²) in [5.74, 6) is -0.849. The zero-order valence-electron chi connectivity index (χ0n) is 17.0. The average Bonchev–Trinajstić information content (AvgIpc) is 3.65. The molecule has 0 atom stereocenters. The van der Waals surface area contributed by atoms with Crippen molar-refractivity contribution in [2.45, 2.75) is 56.4 Å². The molecule has 6 heteroatoms. The van der Waals surface area contributed by atoms with Gasteiger partial charge in [0.25, 0.3) is 0 Å². The number of aromatic nitrogens is 3. The molecule has 152 valence electrons. The fourth-order valence-electron chi connectivity index (χ4n) is 5.30. The highest BCUT2D eigenvalue weighted by atomic mass is 16.4. The highest BCUT2D eigenvalue weighted by Crippen LogP contribution is 2.64. The molecule has 3 heterocycles. The van der Waals surface area contributed by atoms with Crippen LogP contribution in [0, 0.1) is 6.92 Å². The first-order valence-corrected chi connectivity index (χ1v) is 10.6. The number of nitrogens with one attached hydrogen (secondary N) is 1. The molecule has 0 spiro atoms. The van der Waals surface area contributed by atoms with Crippen molar-refractivity contribution in [3.05, 3.63) is 58.7 Å². The second-order valence-electron chi connectivity index (χ2n) is 9.19. The average molecular weight is 400 g/mol. The first-order chi connectivity index (χ1) is 14.4. The molecular formula is C24H24N4O2. The summed E-state index contributed by atoms with van der Waals surface area (Å²) in [6, 6.07) is 6.07. The lowest BCUT2D eigenvalue weighted by molar-refractivity contribution is 0.0693. The van der Waals surface area contributed by atoms with Crippen LogP contribution in [0.25, 0.3) is 22.5 Å². The van der Waals surface area contributed by atoms with Gasteiger partial charge in [-0.05, 0) is 74.8 Å². The van der Waals surface area contributed by atoms with Crippen LogP contribution in [-0.4, -0.2) is 31.6 Å². The molecular weight excluding hydrogens is 376 g/mol. The number of H-pyrrole nitrogens is 1. The lowest BCUT2D eigenvalue weighted by Crippen LogP contribution is -2.38. The number of aromatic amines is 1. The van der Waals surface area contributed by atoms with E-state index in [1.807, 2.05) is 31.5 Å². The van der Waals surface area contributed by atoms with Crippen molar-refractivity contribution >= 4 is 5.97 Å². The molecule has 2 fully saturated rings. The van der Waals surface area contributed by atoms with Crippen molar-refractivity contribution in [1.82, 2.24) is 15.0 Å². The van der Waals surface area contributed by atoms with E-state index in [4.69, 9.17) is 5.73 Å². The molecule has 0 radical (unpaired) electrons. The van der Waals surface area contributed by atoms with Gasteiger partial charge in [-0.3, -0.25) is 9.97 Å². The minimum atomic E-state index is -0.849. The smallest absolute Gasteiger partial charge is 0.337 e. The van der Waals surface area contributed by atoms with Crippen LogP contribution in [-0.2, 0) is 18.3 Å². The third kappa shape index (κ3) is 2.37. The molecule has 3 aliphatic rings. The van der Waals surface area contributed by atoms with E-state index < -0.39 is 5.97 Å². The second kappa shape index (κ2) is 5.79. The number of aromatic carboxylic acids is 1. The Hall–Kier alpha value is -2.99. The Bertz CT molecular complexity index is 1200. The van der Waals surface area contributed by atoms with Gasteiger partial charge in [-0.1, -0.05) is 0 Å². The molecule has 2 saturated carbocycles. The molecule has 0 aliphatic heterocycles. The number of carboxylic acid groups (broad SMARTS) is 1. The maximum Gasteiger partial charge on any atom is 0.337 e. The van der Waals surface area contributed by atoms with Crippen molar-refractivity contribution in [3.8, 4) is 22.5 Å². The fourth-order valence-corrected chi connectivity index (χ4v) is 5.30. The maximum atomic E-state index is 12.3. The summed E-state index contributed by atoms with van der Waals surface area (Å²) in [5, 5.41) is 10.1. The summed E-state index contributed by atoms with van der Waals surface area (Å²) < 4.78 is 0. The summed E-state index contributed by atoms with van der Waals surface area (Å²) in [4.78, 5) is 24.9. The molecule has 0 amide bonds. The van der Waals surface area contributed by atoms with Gasteiger partial charge in [0.05, 0.1) is 17.0 Å². The minimum Gasteiger partial charge on any atom is -0.478 e. The maximum absolute atomic E-state index is 12.3. The van der Waals surface area contributed by atoms with Gasteiger partial charge in [0.1, 0.15) is 0 Å². The van der Waals surface area contributed by atoms with Crippen LogP contribution in [0.4, 0.5) is 0 Å².